The van der Waals surface area contributed by atoms with Crippen molar-refractivity contribution in [2.45, 2.75) is 32.1 Å². The van der Waals surface area contributed by atoms with Crippen molar-refractivity contribution in [3.63, 3.8) is 0 Å². The maximum atomic E-state index is 11.4. The largest absolute Gasteiger partial charge is 0.478 e. The Kier molecular flexibility index (Phi) is 14.4. The molecule has 0 radical (unpaired) electrons. The van der Waals surface area contributed by atoms with E-state index in [0.29, 0.717) is 13.1 Å². The molecule has 158 valence electrons. The summed E-state index contributed by atoms with van der Waals surface area (Å²) in [6, 6.07) is 0. The third-order valence-electron chi connectivity index (χ3n) is 3.31. The molecular formula is C18H28N2O8. The van der Waals surface area contributed by atoms with E-state index in [2.05, 4.69) is 28.5 Å². The first kappa shape index (κ1) is 25.0. The second-order valence-electron chi connectivity index (χ2n) is 5.57. The number of nitrogens with one attached hydrogen (secondary N) is 2. The van der Waals surface area contributed by atoms with Crippen LogP contribution >= 0.6 is 0 Å². The zero-order valence-corrected chi connectivity index (χ0v) is 15.9. The van der Waals surface area contributed by atoms with Gasteiger partial charge in [0.25, 0.3) is 0 Å². The molecule has 2 amide bonds. The van der Waals surface area contributed by atoms with Crippen LogP contribution in [0.3, 0.4) is 0 Å². The summed E-state index contributed by atoms with van der Waals surface area (Å²) in [5.74, 6) is -1.68. The number of aliphatic carboxylic acids is 1. The van der Waals surface area contributed by atoms with Gasteiger partial charge in [0, 0.05) is 31.2 Å². The highest BCUT2D eigenvalue weighted by molar-refractivity contribution is 5.85. The van der Waals surface area contributed by atoms with E-state index in [9.17, 15) is 19.2 Å². The summed E-state index contributed by atoms with van der Waals surface area (Å²) in [7, 11) is 0. The van der Waals surface area contributed by atoms with Crippen molar-refractivity contribution in [3.05, 3.63) is 24.8 Å². The smallest absolute Gasteiger partial charge is 0.407 e. The van der Waals surface area contributed by atoms with Gasteiger partial charge in [-0.2, -0.15) is 0 Å². The van der Waals surface area contributed by atoms with Crippen LogP contribution in [0, 0.1) is 0 Å². The van der Waals surface area contributed by atoms with Crippen LogP contribution in [0.2, 0.25) is 0 Å². The lowest BCUT2D eigenvalue weighted by molar-refractivity contribution is -0.138. The van der Waals surface area contributed by atoms with Gasteiger partial charge in [0.05, 0.1) is 6.61 Å². The van der Waals surface area contributed by atoms with E-state index in [4.69, 9.17) is 14.6 Å². The highest BCUT2D eigenvalue weighted by Crippen LogP contribution is 2.00. The van der Waals surface area contributed by atoms with Crippen LogP contribution in [0.15, 0.2) is 24.8 Å². The maximum Gasteiger partial charge on any atom is 0.407 e. The fraction of sp³-hybridized carbons (Fsp3) is 0.556. The van der Waals surface area contributed by atoms with Crippen LogP contribution in [0.5, 0.6) is 0 Å². The second kappa shape index (κ2) is 16.2. The number of esters is 1. The summed E-state index contributed by atoms with van der Waals surface area (Å²) in [5, 5.41) is 13.7. The van der Waals surface area contributed by atoms with E-state index in [-0.39, 0.29) is 31.8 Å². The average Bonchev–Trinajstić information content (AvgIpc) is 2.66. The number of carbonyl (C=O) groups excluding carboxylic acids is 3. The molecule has 0 aromatic heterocycles. The molecule has 0 spiro atoms. The Morgan fingerprint density at radius 2 is 1.32 bits per heavy atom. The van der Waals surface area contributed by atoms with Gasteiger partial charge in [-0.15, -0.1) is 0 Å². The van der Waals surface area contributed by atoms with Crippen molar-refractivity contribution in [2.75, 3.05) is 32.9 Å². The minimum absolute atomic E-state index is 0.0126. The van der Waals surface area contributed by atoms with Crippen LogP contribution in [0.4, 0.5) is 9.59 Å². The van der Waals surface area contributed by atoms with Crippen LogP contribution in [-0.2, 0) is 23.8 Å². The molecule has 10 nitrogen and oxygen atoms in total. The average molecular weight is 400 g/mol. The number of hydrogen-bond donors (Lipinski definition) is 3. The normalized spacial score (nSPS) is 9.71. The molecule has 0 aliphatic carbocycles. The van der Waals surface area contributed by atoms with Gasteiger partial charge in [-0.05, 0) is 12.8 Å². The number of amides is 2. The first-order valence-corrected chi connectivity index (χ1v) is 8.88. The molecule has 0 saturated heterocycles. The molecule has 0 saturated carbocycles. The molecule has 0 aliphatic heterocycles. The predicted octanol–water partition coefficient (Wildman–Crippen LogP) is 1.76. The Labute approximate surface area is 163 Å². The number of carbonyl (C=O) groups is 4. The number of unbranched alkanes of at least 4 members (excludes halogenated alkanes) is 3. The maximum absolute atomic E-state index is 11.4. The molecule has 0 aromatic carbocycles. The molecule has 0 bridgehead atoms. The molecule has 0 unspecified atom stereocenters. The van der Waals surface area contributed by atoms with Gasteiger partial charge in [-0.3, -0.25) is 0 Å². The van der Waals surface area contributed by atoms with Crippen molar-refractivity contribution < 1.29 is 38.5 Å². The van der Waals surface area contributed by atoms with Gasteiger partial charge in [0.15, 0.2) is 0 Å². The zero-order valence-electron chi connectivity index (χ0n) is 15.9. The monoisotopic (exact) mass is 400 g/mol. The summed E-state index contributed by atoms with van der Waals surface area (Å²) in [5.41, 5.74) is -0.0126. The molecule has 10 heteroatoms. The summed E-state index contributed by atoms with van der Waals surface area (Å²) in [4.78, 5) is 44.0. The Bertz CT molecular complexity index is 548. The highest BCUT2D eigenvalue weighted by atomic mass is 16.6. The van der Waals surface area contributed by atoms with Gasteiger partial charge in [0.1, 0.15) is 13.2 Å². The number of ether oxygens (including phenoxy) is 3. The summed E-state index contributed by atoms with van der Waals surface area (Å²) in [6.45, 7) is 7.38. The lowest BCUT2D eigenvalue weighted by Crippen LogP contribution is -2.27. The summed E-state index contributed by atoms with van der Waals surface area (Å²) >= 11 is 0. The molecule has 0 aliphatic rings. The van der Waals surface area contributed by atoms with E-state index in [1.54, 1.807) is 0 Å². The third-order valence-corrected chi connectivity index (χ3v) is 3.31. The lowest BCUT2D eigenvalue weighted by atomic mass is 10.2. The minimum atomic E-state index is -1.11. The molecule has 3 N–H and O–H groups in total. The second-order valence-corrected chi connectivity index (χ2v) is 5.57. The minimum Gasteiger partial charge on any atom is -0.478 e. The summed E-state index contributed by atoms with van der Waals surface area (Å²) < 4.78 is 14.3. The van der Waals surface area contributed by atoms with Gasteiger partial charge in [0.2, 0.25) is 0 Å². The number of carboxylic acids is 1. The van der Waals surface area contributed by atoms with E-state index in [1.807, 2.05) is 0 Å². The van der Waals surface area contributed by atoms with E-state index in [0.717, 1.165) is 31.8 Å². The van der Waals surface area contributed by atoms with Gasteiger partial charge in [-0.1, -0.05) is 26.0 Å². The fourth-order valence-electron chi connectivity index (χ4n) is 1.80. The van der Waals surface area contributed by atoms with Crippen molar-refractivity contribution >= 4 is 24.1 Å². The number of carboxylic acid groups (broad SMARTS) is 1. The molecule has 0 fully saturated rings. The Balaban J connectivity index is 3.42. The topological polar surface area (TPSA) is 140 Å². The standard InChI is InChI=1S/C18H28N2O8/c1-3-15(21)26-12-13-28-18(25)20-10-7-5-4-6-9-19-17(24)27-11-8-14(2)16(22)23/h3H,1-2,4-13H2,(H,19,24)(H,20,25)(H,22,23). The van der Waals surface area contributed by atoms with Crippen LogP contribution in [0.25, 0.3) is 0 Å². The Hall–Kier alpha value is -3.04. The summed E-state index contributed by atoms with van der Waals surface area (Å²) in [6.07, 6.45) is 3.14. The molecule has 0 atom stereocenters. The van der Waals surface area contributed by atoms with Gasteiger partial charge >= 0.3 is 24.1 Å². The molecule has 0 rings (SSSR count). The lowest BCUT2D eigenvalue weighted by Gasteiger charge is -2.08. The van der Waals surface area contributed by atoms with Crippen LogP contribution < -0.4 is 10.6 Å². The number of alkyl carbamates (subject to hydrolysis) is 2. The van der Waals surface area contributed by atoms with Crippen LogP contribution in [-0.4, -0.2) is 62.1 Å². The zero-order chi connectivity index (χ0) is 21.2. The van der Waals surface area contributed by atoms with E-state index >= 15 is 0 Å². The highest BCUT2D eigenvalue weighted by Gasteiger charge is 2.06. The predicted molar refractivity (Wildman–Crippen MR) is 99.7 cm³/mol. The molecule has 28 heavy (non-hydrogen) atoms. The Morgan fingerprint density at radius 3 is 1.82 bits per heavy atom. The number of hydrogen-bond acceptors (Lipinski definition) is 7. The van der Waals surface area contributed by atoms with Crippen molar-refractivity contribution in [2.24, 2.45) is 0 Å². The van der Waals surface area contributed by atoms with Crippen LogP contribution in [0.1, 0.15) is 32.1 Å². The van der Waals surface area contributed by atoms with Crippen molar-refractivity contribution in [1.29, 1.82) is 0 Å². The quantitative estimate of drug-likeness (QED) is 0.163. The Morgan fingerprint density at radius 1 is 0.821 bits per heavy atom. The first-order chi connectivity index (χ1) is 13.4. The molecular weight excluding hydrogens is 372 g/mol. The SMILES string of the molecule is C=CC(=O)OCCOC(=O)NCCCCCCNC(=O)OCCC(=C)C(=O)O. The number of rotatable bonds is 15. The van der Waals surface area contributed by atoms with E-state index in [1.165, 1.54) is 0 Å². The molecule has 0 aromatic rings. The van der Waals surface area contributed by atoms with E-state index < -0.39 is 24.1 Å². The fourth-order valence-corrected chi connectivity index (χ4v) is 1.80. The van der Waals surface area contributed by atoms with Gasteiger partial charge in [-0.25, -0.2) is 19.2 Å². The van der Waals surface area contributed by atoms with Crippen molar-refractivity contribution in [3.8, 4) is 0 Å². The van der Waals surface area contributed by atoms with Gasteiger partial charge < -0.3 is 30.0 Å². The molecule has 0 heterocycles. The first-order valence-electron chi connectivity index (χ1n) is 8.88. The van der Waals surface area contributed by atoms with Crippen molar-refractivity contribution in [1.82, 2.24) is 10.6 Å². The third kappa shape index (κ3) is 15.2.